The molecule has 1 radical (unpaired) electrons. The Balaban J connectivity index is 2.25. The lowest BCUT2D eigenvalue weighted by Crippen LogP contribution is -2.11. The fourth-order valence-corrected chi connectivity index (χ4v) is 1.32. The van der Waals surface area contributed by atoms with Gasteiger partial charge in [-0.1, -0.05) is 18.2 Å². The fraction of sp³-hybridized carbons (Fsp3) is 0. The number of ether oxygens (including phenoxy) is 1. The number of hydrogen-bond donors (Lipinski definition) is 1. The van der Waals surface area contributed by atoms with Gasteiger partial charge in [0, 0.05) is 12.3 Å². The monoisotopic (exact) mass is 242 g/mol. The predicted octanol–water partition coefficient (Wildman–Crippen LogP) is 1.80. The fourth-order valence-electron chi connectivity index (χ4n) is 1.32. The van der Waals surface area contributed by atoms with Crippen LogP contribution in [0.25, 0.3) is 0 Å². The molecule has 0 saturated carbocycles. The number of carboxylic acids is 1. The molecule has 2 aromatic rings. The number of pyridine rings is 1. The SMILES string of the molecule is O=C(Oc1c[c]ncc1C(=O)O)c1ccccc1. The van der Waals surface area contributed by atoms with Crippen LogP contribution in [0.5, 0.6) is 5.75 Å². The molecule has 5 heteroatoms. The third-order valence-electron chi connectivity index (χ3n) is 2.17. The van der Waals surface area contributed by atoms with E-state index in [1.807, 2.05) is 0 Å². The van der Waals surface area contributed by atoms with Crippen molar-refractivity contribution in [2.45, 2.75) is 0 Å². The van der Waals surface area contributed by atoms with Gasteiger partial charge >= 0.3 is 11.9 Å². The summed E-state index contributed by atoms with van der Waals surface area (Å²) in [5, 5.41) is 8.90. The minimum Gasteiger partial charge on any atom is -0.477 e. The largest absolute Gasteiger partial charge is 0.477 e. The molecule has 0 atom stereocenters. The maximum absolute atomic E-state index is 11.7. The minimum atomic E-state index is -1.22. The minimum absolute atomic E-state index is 0.0775. The van der Waals surface area contributed by atoms with Gasteiger partial charge in [-0.05, 0) is 12.1 Å². The van der Waals surface area contributed by atoms with Gasteiger partial charge < -0.3 is 9.84 Å². The summed E-state index contributed by atoms with van der Waals surface area (Å²) in [6.45, 7) is 0. The van der Waals surface area contributed by atoms with Crippen molar-refractivity contribution in [1.29, 1.82) is 0 Å². The third kappa shape index (κ3) is 2.52. The molecule has 0 aliphatic carbocycles. The highest BCUT2D eigenvalue weighted by Crippen LogP contribution is 2.17. The lowest BCUT2D eigenvalue weighted by Gasteiger charge is -2.06. The second kappa shape index (κ2) is 5.09. The van der Waals surface area contributed by atoms with Gasteiger partial charge in [-0.25, -0.2) is 9.59 Å². The maximum Gasteiger partial charge on any atom is 0.343 e. The van der Waals surface area contributed by atoms with Gasteiger partial charge in [-0.15, -0.1) is 0 Å². The molecular weight excluding hydrogens is 234 g/mol. The van der Waals surface area contributed by atoms with E-state index in [1.165, 1.54) is 6.07 Å². The second-order valence-corrected chi connectivity index (χ2v) is 3.37. The summed E-state index contributed by atoms with van der Waals surface area (Å²) < 4.78 is 5.00. The Bertz CT molecular complexity index is 581. The Labute approximate surface area is 103 Å². The summed E-state index contributed by atoms with van der Waals surface area (Å²) >= 11 is 0. The van der Waals surface area contributed by atoms with Crippen LogP contribution in [-0.2, 0) is 0 Å². The Kier molecular flexibility index (Phi) is 3.33. The van der Waals surface area contributed by atoms with Crippen molar-refractivity contribution in [3.8, 4) is 5.75 Å². The number of carboxylic acid groups (broad SMARTS) is 1. The van der Waals surface area contributed by atoms with Gasteiger partial charge in [0.05, 0.1) is 11.8 Å². The Hall–Kier alpha value is -2.69. The number of aromatic nitrogens is 1. The van der Waals surface area contributed by atoms with Crippen molar-refractivity contribution < 1.29 is 19.4 Å². The van der Waals surface area contributed by atoms with E-state index in [9.17, 15) is 9.59 Å². The van der Waals surface area contributed by atoms with E-state index in [0.717, 1.165) is 6.20 Å². The Morgan fingerprint density at radius 1 is 1.22 bits per heavy atom. The van der Waals surface area contributed by atoms with Gasteiger partial charge in [0.25, 0.3) is 0 Å². The zero-order chi connectivity index (χ0) is 13.0. The van der Waals surface area contributed by atoms with Gasteiger partial charge in [0.1, 0.15) is 11.3 Å². The molecule has 1 heterocycles. The van der Waals surface area contributed by atoms with Crippen molar-refractivity contribution in [1.82, 2.24) is 4.98 Å². The molecule has 0 aliphatic heterocycles. The van der Waals surface area contributed by atoms with Gasteiger partial charge in [-0.2, -0.15) is 0 Å². The molecule has 0 aliphatic rings. The molecule has 1 aromatic carbocycles. The molecule has 1 N–H and O–H groups in total. The molecule has 89 valence electrons. The van der Waals surface area contributed by atoms with Gasteiger partial charge in [0.15, 0.2) is 0 Å². The van der Waals surface area contributed by atoms with Crippen LogP contribution in [0.3, 0.4) is 0 Å². The number of hydrogen-bond acceptors (Lipinski definition) is 4. The predicted molar refractivity (Wildman–Crippen MR) is 61.4 cm³/mol. The summed E-state index contributed by atoms with van der Waals surface area (Å²) in [5.41, 5.74) is 0.156. The summed E-state index contributed by atoms with van der Waals surface area (Å²) in [6.07, 6.45) is 3.50. The van der Waals surface area contributed by atoms with E-state index in [1.54, 1.807) is 30.3 Å². The van der Waals surface area contributed by atoms with Crippen LogP contribution in [0.2, 0.25) is 0 Å². The number of benzene rings is 1. The highest BCUT2D eigenvalue weighted by molar-refractivity contribution is 5.95. The van der Waals surface area contributed by atoms with Gasteiger partial charge in [0.2, 0.25) is 0 Å². The molecule has 0 fully saturated rings. The van der Waals surface area contributed by atoms with Crippen LogP contribution in [0.15, 0.2) is 42.6 Å². The second-order valence-electron chi connectivity index (χ2n) is 3.37. The summed E-state index contributed by atoms with van der Waals surface area (Å²) in [7, 11) is 0. The van der Waals surface area contributed by atoms with E-state index >= 15 is 0 Å². The van der Waals surface area contributed by atoms with Crippen LogP contribution in [-0.4, -0.2) is 22.0 Å². The smallest absolute Gasteiger partial charge is 0.343 e. The van der Waals surface area contributed by atoms with Crippen molar-refractivity contribution >= 4 is 11.9 Å². The van der Waals surface area contributed by atoms with E-state index in [2.05, 4.69) is 11.2 Å². The van der Waals surface area contributed by atoms with E-state index in [4.69, 9.17) is 9.84 Å². The van der Waals surface area contributed by atoms with Crippen LogP contribution in [0, 0.1) is 6.20 Å². The zero-order valence-corrected chi connectivity index (χ0v) is 9.16. The molecule has 0 unspecified atom stereocenters. The quantitative estimate of drug-likeness (QED) is 0.830. The molecule has 0 bridgehead atoms. The first-order valence-electron chi connectivity index (χ1n) is 5.05. The molecule has 2 rings (SSSR count). The molecule has 5 nitrogen and oxygen atoms in total. The maximum atomic E-state index is 11.7. The molecule has 1 aromatic heterocycles. The zero-order valence-electron chi connectivity index (χ0n) is 9.16. The molecule has 18 heavy (non-hydrogen) atoms. The molecular formula is C13H8NO4. The number of carbonyl (C=O) groups excluding carboxylic acids is 1. The highest BCUT2D eigenvalue weighted by Gasteiger charge is 2.15. The number of rotatable bonds is 3. The first-order valence-corrected chi connectivity index (χ1v) is 5.05. The third-order valence-corrected chi connectivity index (χ3v) is 2.17. The van der Waals surface area contributed by atoms with Crippen LogP contribution in [0.1, 0.15) is 20.7 Å². The van der Waals surface area contributed by atoms with Crippen LogP contribution >= 0.6 is 0 Å². The molecule has 0 saturated heterocycles. The van der Waals surface area contributed by atoms with Crippen molar-refractivity contribution in [2.75, 3.05) is 0 Å². The first-order chi connectivity index (χ1) is 8.68. The van der Waals surface area contributed by atoms with Gasteiger partial charge in [-0.3, -0.25) is 4.98 Å². The van der Waals surface area contributed by atoms with Crippen molar-refractivity contribution in [3.05, 3.63) is 59.9 Å². The average Bonchev–Trinajstić information content (AvgIpc) is 2.40. The average molecular weight is 242 g/mol. The first kappa shape index (κ1) is 11.8. The highest BCUT2D eigenvalue weighted by atomic mass is 16.5. The van der Waals surface area contributed by atoms with E-state index in [-0.39, 0.29) is 11.3 Å². The number of nitrogens with zero attached hydrogens (tertiary/aromatic N) is 1. The van der Waals surface area contributed by atoms with Crippen molar-refractivity contribution in [3.63, 3.8) is 0 Å². The van der Waals surface area contributed by atoms with Crippen LogP contribution < -0.4 is 4.74 Å². The Morgan fingerprint density at radius 3 is 2.61 bits per heavy atom. The molecule has 0 amide bonds. The molecule has 0 spiro atoms. The topological polar surface area (TPSA) is 76.5 Å². The lowest BCUT2D eigenvalue weighted by atomic mass is 10.2. The normalized spacial score (nSPS) is 9.78. The lowest BCUT2D eigenvalue weighted by molar-refractivity contribution is 0.0681. The summed E-state index contributed by atoms with van der Waals surface area (Å²) in [6, 6.07) is 9.51. The van der Waals surface area contributed by atoms with Crippen molar-refractivity contribution in [2.24, 2.45) is 0 Å². The van der Waals surface area contributed by atoms with E-state index < -0.39 is 11.9 Å². The number of aromatic carboxylic acids is 1. The Morgan fingerprint density at radius 2 is 1.94 bits per heavy atom. The summed E-state index contributed by atoms with van der Waals surface area (Å²) in [4.78, 5) is 26.2. The standard InChI is InChI=1S/C13H8NO4/c15-12(16)10-8-14-7-6-11(10)18-13(17)9-4-2-1-3-5-9/h1-6,8H,(H,15,16). The number of carbonyl (C=O) groups is 2. The van der Waals surface area contributed by atoms with E-state index in [0.29, 0.717) is 5.56 Å². The number of esters is 1. The summed E-state index contributed by atoms with van der Waals surface area (Å²) in [5.74, 6) is -1.92. The van der Waals surface area contributed by atoms with Crippen LogP contribution in [0.4, 0.5) is 0 Å².